The van der Waals surface area contributed by atoms with Gasteiger partial charge in [0.15, 0.2) is 5.54 Å². The second-order valence-corrected chi connectivity index (χ2v) is 7.83. The zero-order valence-electron chi connectivity index (χ0n) is 15.0. The molecule has 2 aromatic rings. The fourth-order valence-electron chi connectivity index (χ4n) is 3.66. The number of aryl methyl sites for hydroxylation is 1. The van der Waals surface area contributed by atoms with Gasteiger partial charge >= 0.3 is 6.03 Å². The van der Waals surface area contributed by atoms with E-state index in [1.165, 1.54) is 16.2 Å². The van der Waals surface area contributed by atoms with E-state index < -0.39 is 17.5 Å². The summed E-state index contributed by atoms with van der Waals surface area (Å²) < 4.78 is 0. The maximum atomic E-state index is 12.4. The first-order valence-electron chi connectivity index (χ1n) is 8.87. The van der Waals surface area contributed by atoms with E-state index >= 15 is 0 Å². The number of hydrogen-bond donors (Lipinski definition) is 2. The van der Waals surface area contributed by atoms with Crippen molar-refractivity contribution in [1.82, 2.24) is 19.9 Å². The van der Waals surface area contributed by atoms with Gasteiger partial charge in [-0.15, -0.1) is 11.3 Å². The van der Waals surface area contributed by atoms with Gasteiger partial charge in [-0.25, -0.2) is 19.7 Å². The summed E-state index contributed by atoms with van der Waals surface area (Å²) in [6, 6.07) is 1.16. The Morgan fingerprint density at radius 3 is 2.59 bits per heavy atom. The van der Waals surface area contributed by atoms with E-state index in [4.69, 9.17) is 11.5 Å². The molecule has 0 saturated carbocycles. The average molecular weight is 387 g/mol. The Kier molecular flexibility index (Phi) is 4.22. The van der Waals surface area contributed by atoms with Gasteiger partial charge in [-0.1, -0.05) is 0 Å². The Labute approximate surface area is 160 Å². The normalized spacial score (nSPS) is 22.0. The number of amides is 3. The molecule has 4 N–H and O–H groups in total. The van der Waals surface area contributed by atoms with Crippen LogP contribution in [-0.2, 0) is 10.3 Å². The van der Waals surface area contributed by atoms with Crippen LogP contribution in [0.3, 0.4) is 0 Å². The van der Waals surface area contributed by atoms with Crippen LogP contribution in [0.15, 0.2) is 12.3 Å². The molecule has 0 aliphatic carbocycles. The summed E-state index contributed by atoms with van der Waals surface area (Å²) in [4.78, 5) is 42.2. The van der Waals surface area contributed by atoms with Crippen molar-refractivity contribution in [3.05, 3.63) is 23.0 Å². The average Bonchev–Trinajstić information content (AvgIpc) is 3.18. The van der Waals surface area contributed by atoms with Crippen LogP contribution < -0.4 is 16.4 Å². The molecule has 4 heterocycles. The van der Waals surface area contributed by atoms with Crippen molar-refractivity contribution in [1.29, 1.82) is 0 Å². The van der Waals surface area contributed by atoms with Gasteiger partial charge in [-0.2, -0.15) is 0 Å². The van der Waals surface area contributed by atoms with Crippen molar-refractivity contribution in [2.75, 3.05) is 24.5 Å². The molecule has 0 radical (unpaired) electrons. The maximum absolute atomic E-state index is 12.4. The van der Waals surface area contributed by atoms with E-state index in [2.05, 4.69) is 19.9 Å². The van der Waals surface area contributed by atoms with Crippen LogP contribution in [0.1, 0.15) is 30.0 Å². The van der Waals surface area contributed by atoms with Gasteiger partial charge in [0, 0.05) is 25.8 Å². The van der Waals surface area contributed by atoms with Crippen molar-refractivity contribution in [3.63, 3.8) is 0 Å². The molecule has 3 amide bonds. The molecular weight excluding hydrogens is 366 g/mol. The lowest BCUT2D eigenvalue weighted by atomic mass is 9.96. The molecule has 9 nitrogen and oxygen atoms in total. The lowest BCUT2D eigenvalue weighted by molar-refractivity contribution is -0.127. The number of urea groups is 1. The van der Waals surface area contributed by atoms with Crippen molar-refractivity contribution in [2.24, 2.45) is 11.5 Å². The van der Waals surface area contributed by atoms with Gasteiger partial charge in [0.2, 0.25) is 5.95 Å². The second kappa shape index (κ2) is 6.45. The van der Waals surface area contributed by atoms with Crippen LogP contribution in [0.4, 0.5) is 10.7 Å². The summed E-state index contributed by atoms with van der Waals surface area (Å²) in [5.74, 6) is 0.0837. The smallest absolute Gasteiger partial charge is 0.316 e. The molecule has 1 unspecified atom stereocenters. The van der Waals surface area contributed by atoms with E-state index in [0.29, 0.717) is 30.3 Å². The third-order valence-electron chi connectivity index (χ3n) is 5.22. The van der Waals surface area contributed by atoms with E-state index in [1.54, 1.807) is 6.20 Å². The summed E-state index contributed by atoms with van der Waals surface area (Å²) in [6.45, 7) is 4.15. The third kappa shape index (κ3) is 2.71. The zero-order valence-corrected chi connectivity index (χ0v) is 15.8. The number of primary amides is 2. The van der Waals surface area contributed by atoms with Crippen LogP contribution in [0.25, 0.3) is 10.6 Å². The molecule has 0 spiro atoms. The van der Waals surface area contributed by atoms with Gasteiger partial charge < -0.3 is 21.3 Å². The molecule has 2 fully saturated rings. The van der Waals surface area contributed by atoms with Gasteiger partial charge in [-0.3, -0.25) is 4.79 Å². The molecule has 2 aromatic heterocycles. The van der Waals surface area contributed by atoms with Crippen molar-refractivity contribution in [2.45, 2.75) is 31.7 Å². The monoisotopic (exact) mass is 387 g/mol. The number of nitrogens with two attached hydrogens (primary N) is 2. The van der Waals surface area contributed by atoms with Gasteiger partial charge in [0.05, 0.1) is 16.3 Å². The highest BCUT2D eigenvalue weighted by Gasteiger charge is 2.52. The summed E-state index contributed by atoms with van der Waals surface area (Å²) in [7, 11) is 0. The molecule has 0 bridgehead atoms. The first kappa shape index (κ1) is 17.7. The molecule has 0 aromatic carbocycles. The van der Waals surface area contributed by atoms with Gasteiger partial charge in [0.25, 0.3) is 5.91 Å². The van der Waals surface area contributed by atoms with Gasteiger partial charge in [-0.05, 0) is 32.3 Å². The molecule has 2 aliphatic rings. The first-order valence-corrected chi connectivity index (χ1v) is 9.68. The largest absolute Gasteiger partial charge is 0.367 e. The predicted octanol–water partition coefficient (Wildman–Crippen LogP) is 0.974. The molecule has 142 valence electrons. The number of aromatic nitrogens is 3. The quantitative estimate of drug-likeness (QED) is 0.804. The number of thiazole rings is 1. The molecule has 4 rings (SSSR count). The fourth-order valence-corrected chi connectivity index (χ4v) is 4.92. The number of likely N-dealkylation sites (tertiary alicyclic amines) is 1. The molecule has 2 saturated heterocycles. The summed E-state index contributed by atoms with van der Waals surface area (Å²) in [5.41, 5.74) is 11.4. The molecule has 2 aliphatic heterocycles. The van der Waals surface area contributed by atoms with Crippen molar-refractivity contribution in [3.8, 4) is 10.6 Å². The minimum Gasteiger partial charge on any atom is -0.367 e. The summed E-state index contributed by atoms with van der Waals surface area (Å²) in [5, 5.41) is 0.489. The van der Waals surface area contributed by atoms with Crippen LogP contribution in [0.5, 0.6) is 0 Å². The fraction of sp³-hybridized carbons (Fsp3) is 0.471. The van der Waals surface area contributed by atoms with Crippen LogP contribution >= 0.6 is 11.3 Å². The van der Waals surface area contributed by atoms with E-state index in [1.807, 2.05) is 13.0 Å². The van der Waals surface area contributed by atoms with Crippen LogP contribution in [0.2, 0.25) is 0 Å². The van der Waals surface area contributed by atoms with Crippen LogP contribution in [0, 0.1) is 6.92 Å². The lowest BCUT2D eigenvalue weighted by Gasteiger charge is -2.32. The summed E-state index contributed by atoms with van der Waals surface area (Å²) >= 11 is 1.33. The molecule has 27 heavy (non-hydrogen) atoms. The van der Waals surface area contributed by atoms with E-state index in [0.717, 1.165) is 35.8 Å². The highest BCUT2D eigenvalue weighted by molar-refractivity contribution is 7.15. The summed E-state index contributed by atoms with van der Waals surface area (Å²) in [6.07, 6.45) is 3.93. The predicted molar refractivity (Wildman–Crippen MR) is 101 cm³/mol. The Hall–Kier alpha value is -2.75. The Morgan fingerprint density at radius 2 is 1.96 bits per heavy atom. The molecular formula is C17H21N7O2S. The van der Waals surface area contributed by atoms with E-state index in [-0.39, 0.29) is 0 Å². The van der Waals surface area contributed by atoms with Gasteiger partial charge in [0.1, 0.15) is 5.01 Å². The molecule has 10 heteroatoms. The Balaban J connectivity index is 1.77. The molecule has 1 atom stereocenters. The van der Waals surface area contributed by atoms with E-state index in [9.17, 15) is 9.59 Å². The number of carbonyl (C=O) groups is 2. The minimum atomic E-state index is -1.28. The number of hydrogen-bond acceptors (Lipinski definition) is 7. The highest BCUT2D eigenvalue weighted by Crippen LogP contribution is 2.43. The highest BCUT2D eigenvalue weighted by atomic mass is 32.1. The first-order chi connectivity index (χ1) is 12.9. The van der Waals surface area contributed by atoms with Crippen molar-refractivity contribution >= 4 is 29.2 Å². The van der Waals surface area contributed by atoms with Crippen molar-refractivity contribution < 1.29 is 9.59 Å². The number of nitrogens with zero attached hydrogens (tertiary/aromatic N) is 5. The Morgan fingerprint density at radius 1 is 1.19 bits per heavy atom. The van der Waals surface area contributed by atoms with Crippen LogP contribution in [-0.4, -0.2) is 51.4 Å². The number of anilines is 1. The lowest BCUT2D eigenvalue weighted by Crippen LogP contribution is -2.55. The number of carbonyl (C=O) groups excluding carboxylic acids is 2. The maximum Gasteiger partial charge on any atom is 0.316 e. The third-order valence-corrected chi connectivity index (χ3v) is 6.55. The minimum absolute atomic E-state index is 0.388. The SMILES string of the molecule is Cc1nc(C2(C(N)=O)CCCN2C(N)=O)sc1-c1ccnc(N2CCC2)n1. The standard InChI is InChI=1S/C17H21N7O2S/c1-10-12(11-4-6-20-16(22-11)23-7-3-8-23)27-14(21-10)17(13(18)25)5-2-9-24(17)15(19)26/h4,6H,2-3,5,7-9H2,1H3,(H2,18,25)(H2,19,26). The number of rotatable bonds is 4. The second-order valence-electron chi connectivity index (χ2n) is 6.83. The topological polar surface area (TPSA) is 131 Å². The zero-order chi connectivity index (χ0) is 19.2. The Bertz CT molecular complexity index is 910.